The van der Waals surface area contributed by atoms with E-state index in [9.17, 15) is 18.7 Å². The predicted molar refractivity (Wildman–Crippen MR) is 64.1 cm³/mol. The van der Waals surface area contributed by atoms with E-state index < -0.39 is 23.3 Å². The molecule has 0 aliphatic heterocycles. The summed E-state index contributed by atoms with van der Waals surface area (Å²) in [7, 11) is 0. The smallest absolute Gasteiger partial charge is 0.255 e. The molecule has 0 aliphatic carbocycles. The molecular formula is C13H9F2NO3. The minimum Gasteiger partial charge on any atom is -0.504 e. The van der Waals surface area contributed by atoms with Crippen molar-refractivity contribution in [2.45, 2.75) is 0 Å². The van der Waals surface area contributed by atoms with Crippen molar-refractivity contribution in [3.8, 4) is 11.5 Å². The second-order valence-corrected chi connectivity index (χ2v) is 3.78. The van der Waals surface area contributed by atoms with E-state index in [0.717, 1.165) is 24.3 Å². The lowest BCUT2D eigenvalue weighted by Crippen LogP contribution is -2.12. The molecule has 0 atom stereocenters. The van der Waals surface area contributed by atoms with Crippen molar-refractivity contribution in [1.82, 2.24) is 0 Å². The second kappa shape index (κ2) is 4.93. The molecule has 2 rings (SSSR count). The number of phenolic OH excluding ortho intramolecular Hbond substituents is 2. The van der Waals surface area contributed by atoms with Gasteiger partial charge in [-0.3, -0.25) is 4.79 Å². The Morgan fingerprint density at radius 1 is 1.00 bits per heavy atom. The highest BCUT2D eigenvalue weighted by Gasteiger charge is 2.11. The molecule has 0 spiro atoms. The molecule has 0 bridgehead atoms. The normalized spacial score (nSPS) is 10.2. The van der Waals surface area contributed by atoms with Gasteiger partial charge in [-0.1, -0.05) is 0 Å². The molecule has 0 aliphatic rings. The topological polar surface area (TPSA) is 69.6 Å². The highest BCUT2D eigenvalue weighted by atomic mass is 19.1. The Kier molecular flexibility index (Phi) is 3.33. The molecule has 0 aromatic heterocycles. The van der Waals surface area contributed by atoms with E-state index in [4.69, 9.17) is 5.11 Å². The van der Waals surface area contributed by atoms with Crippen LogP contribution in [0.15, 0.2) is 36.4 Å². The maximum Gasteiger partial charge on any atom is 0.255 e. The Labute approximate surface area is 106 Å². The van der Waals surface area contributed by atoms with Crippen molar-refractivity contribution in [3.05, 3.63) is 53.6 Å². The number of benzene rings is 2. The van der Waals surface area contributed by atoms with Gasteiger partial charge < -0.3 is 15.5 Å². The Balaban J connectivity index is 2.23. The van der Waals surface area contributed by atoms with Crippen LogP contribution >= 0.6 is 0 Å². The number of amides is 1. The lowest BCUT2D eigenvalue weighted by atomic mass is 10.2. The van der Waals surface area contributed by atoms with Gasteiger partial charge in [0.05, 0.1) is 5.69 Å². The van der Waals surface area contributed by atoms with Crippen LogP contribution in [0.1, 0.15) is 10.4 Å². The summed E-state index contributed by atoms with van der Waals surface area (Å²) in [5.74, 6) is -3.19. The zero-order valence-corrected chi connectivity index (χ0v) is 9.52. The van der Waals surface area contributed by atoms with Gasteiger partial charge in [0, 0.05) is 11.6 Å². The van der Waals surface area contributed by atoms with Crippen LogP contribution in [0, 0.1) is 11.6 Å². The molecule has 3 N–H and O–H groups in total. The Morgan fingerprint density at radius 3 is 2.37 bits per heavy atom. The van der Waals surface area contributed by atoms with Crippen LogP contribution < -0.4 is 5.32 Å². The van der Waals surface area contributed by atoms with E-state index in [1.807, 2.05) is 0 Å². The second-order valence-electron chi connectivity index (χ2n) is 3.78. The zero-order valence-electron chi connectivity index (χ0n) is 9.52. The third-order valence-corrected chi connectivity index (χ3v) is 2.42. The van der Waals surface area contributed by atoms with Crippen molar-refractivity contribution in [3.63, 3.8) is 0 Å². The summed E-state index contributed by atoms with van der Waals surface area (Å²) < 4.78 is 26.0. The largest absolute Gasteiger partial charge is 0.504 e. The van der Waals surface area contributed by atoms with Gasteiger partial charge in [0.2, 0.25) is 0 Å². The van der Waals surface area contributed by atoms with Crippen LogP contribution in [0.4, 0.5) is 14.5 Å². The van der Waals surface area contributed by atoms with Crippen molar-refractivity contribution in [2.75, 3.05) is 5.32 Å². The van der Waals surface area contributed by atoms with E-state index in [-0.39, 0.29) is 17.0 Å². The average Bonchev–Trinajstić information content (AvgIpc) is 2.36. The fourth-order valence-corrected chi connectivity index (χ4v) is 1.45. The van der Waals surface area contributed by atoms with Crippen molar-refractivity contribution in [1.29, 1.82) is 0 Å². The van der Waals surface area contributed by atoms with Crippen molar-refractivity contribution < 1.29 is 23.8 Å². The summed E-state index contributed by atoms with van der Waals surface area (Å²) in [5, 5.41) is 20.6. The van der Waals surface area contributed by atoms with Gasteiger partial charge >= 0.3 is 0 Å². The van der Waals surface area contributed by atoms with E-state index in [0.29, 0.717) is 6.07 Å². The summed E-state index contributed by atoms with van der Waals surface area (Å²) >= 11 is 0. The minimum absolute atomic E-state index is 0.0269. The van der Waals surface area contributed by atoms with Gasteiger partial charge in [0.1, 0.15) is 11.6 Å². The quantitative estimate of drug-likeness (QED) is 0.731. The van der Waals surface area contributed by atoms with Gasteiger partial charge in [-0.05, 0) is 30.3 Å². The van der Waals surface area contributed by atoms with Crippen LogP contribution in [0.25, 0.3) is 0 Å². The molecule has 0 saturated carbocycles. The van der Waals surface area contributed by atoms with Crippen LogP contribution in [0.2, 0.25) is 0 Å². The molecule has 1 amide bonds. The number of aromatic hydroxyl groups is 2. The lowest BCUT2D eigenvalue weighted by molar-refractivity contribution is 0.102. The molecule has 6 heteroatoms. The van der Waals surface area contributed by atoms with E-state index in [1.54, 1.807) is 0 Å². The van der Waals surface area contributed by atoms with Gasteiger partial charge in [-0.2, -0.15) is 0 Å². The fourth-order valence-electron chi connectivity index (χ4n) is 1.45. The van der Waals surface area contributed by atoms with E-state index in [2.05, 4.69) is 5.32 Å². The third-order valence-electron chi connectivity index (χ3n) is 2.42. The summed E-state index contributed by atoms with van der Waals surface area (Å²) in [6.07, 6.45) is 0. The zero-order chi connectivity index (χ0) is 14.0. The first-order chi connectivity index (χ1) is 8.97. The number of phenols is 2. The molecule has 4 nitrogen and oxygen atoms in total. The Bertz CT molecular complexity index is 644. The molecule has 2 aromatic rings. The first-order valence-corrected chi connectivity index (χ1v) is 5.26. The standard InChI is InChI=1S/C13H9F2NO3/c14-8-2-3-10(9(15)6-8)16-13(19)7-1-4-11(17)12(18)5-7/h1-6,17-18H,(H,16,19). The SMILES string of the molecule is O=C(Nc1ccc(F)cc1F)c1ccc(O)c(O)c1. The molecule has 0 unspecified atom stereocenters. The average molecular weight is 265 g/mol. The molecular weight excluding hydrogens is 256 g/mol. The first kappa shape index (κ1) is 12.8. The number of carbonyl (C=O) groups is 1. The van der Waals surface area contributed by atoms with Gasteiger partial charge in [-0.25, -0.2) is 8.78 Å². The van der Waals surface area contributed by atoms with E-state index in [1.165, 1.54) is 6.07 Å². The van der Waals surface area contributed by atoms with Gasteiger partial charge in [0.15, 0.2) is 11.5 Å². The summed E-state index contributed by atoms with van der Waals surface area (Å²) in [4.78, 5) is 11.8. The number of nitrogens with one attached hydrogen (secondary N) is 1. The fraction of sp³-hybridized carbons (Fsp3) is 0. The maximum absolute atomic E-state index is 13.3. The number of halogens is 2. The predicted octanol–water partition coefficient (Wildman–Crippen LogP) is 2.63. The molecule has 2 aromatic carbocycles. The van der Waals surface area contributed by atoms with Gasteiger partial charge in [-0.15, -0.1) is 0 Å². The summed E-state index contributed by atoms with van der Waals surface area (Å²) in [5.41, 5.74) is -0.155. The summed E-state index contributed by atoms with van der Waals surface area (Å²) in [6.45, 7) is 0. The van der Waals surface area contributed by atoms with Crippen molar-refractivity contribution >= 4 is 11.6 Å². The number of rotatable bonds is 2. The molecule has 0 heterocycles. The summed E-state index contributed by atoms with van der Waals surface area (Å²) in [6, 6.07) is 6.16. The molecule has 0 radical (unpaired) electrons. The van der Waals surface area contributed by atoms with Crippen LogP contribution in [-0.2, 0) is 0 Å². The molecule has 98 valence electrons. The van der Waals surface area contributed by atoms with Crippen LogP contribution in [0.5, 0.6) is 11.5 Å². The Morgan fingerprint density at radius 2 is 1.74 bits per heavy atom. The number of carbonyl (C=O) groups excluding carboxylic acids is 1. The molecule has 19 heavy (non-hydrogen) atoms. The monoisotopic (exact) mass is 265 g/mol. The number of hydrogen-bond acceptors (Lipinski definition) is 3. The highest BCUT2D eigenvalue weighted by Crippen LogP contribution is 2.25. The molecule has 0 saturated heterocycles. The Hall–Kier alpha value is -2.63. The van der Waals surface area contributed by atoms with Crippen LogP contribution in [-0.4, -0.2) is 16.1 Å². The number of hydrogen-bond donors (Lipinski definition) is 3. The van der Waals surface area contributed by atoms with Gasteiger partial charge in [0.25, 0.3) is 5.91 Å². The van der Waals surface area contributed by atoms with Crippen LogP contribution in [0.3, 0.4) is 0 Å². The van der Waals surface area contributed by atoms with Crippen molar-refractivity contribution in [2.24, 2.45) is 0 Å². The third kappa shape index (κ3) is 2.79. The maximum atomic E-state index is 13.3. The lowest BCUT2D eigenvalue weighted by Gasteiger charge is -2.07. The minimum atomic E-state index is -0.906. The number of anilines is 1. The highest BCUT2D eigenvalue weighted by molar-refractivity contribution is 6.04. The van der Waals surface area contributed by atoms with E-state index >= 15 is 0 Å². The first-order valence-electron chi connectivity index (χ1n) is 5.26. The molecule has 0 fully saturated rings.